The van der Waals surface area contributed by atoms with Crippen molar-refractivity contribution in [3.05, 3.63) is 65.7 Å². The maximum Gasteiger partial charge on any atom is 0.313 e. The predicted octanol–water partition coefficient (Wildman–Crippen LogP) is 3.79. The summed E-state index contributed by atoms with van der Waals surface area (Å²) in [5, 5.41) is 12.1. The molecule has 2 rings (SSSR count). The third-order valence-corrected chi connectivity index (χ3v) is 4.10. The summed E-state index contributed by atoms with van der Waals surface area (Å²) in [6, 6.07) is 16.5. The smallest absolute Gasteiger partial charge is 0.313 e. The summed E-state index contributed by atoms with van der Waals surface area (Å²) in [6.07, 6.45) is 0. The highest BCUT2D eigenvalue weighted by Gasteiger charge is 2.29. The van der Waals surface area contributed by atoms with E-state index in [4.69, 9.17) is 0 Å². The second kappa shape index (κ2) is 6.65. The first-order valence-corrected chi connectivity index (χ1v) is 7.52. The topological polar surface area (TPSA) is 66.4 Å². The molecule has 0 aliphatic rings. The van der Waals surface area contributed by atoms with Crippen molar-refractivity contribution in [2.24, 2.45) is 0 Å². The molecule has 120 valence electrons. The van der Waals surface area contributed by atoms with Gasteiger partial charge in [0.1, 0.15) is 0 Å². The summed E-state index contributed by atoms with van der Waals surface area (Å²) < 4.78 is 0. The lowest BCUT2D eigenvalue weighted by Gasteiger charge is -2.20. The van der Waals surface area contributed by atoms with E-state index >= 15 is 0 Å². The zero-order chi connectivity index (χ0) is 17.0. The number of amides is 1. The summed E-state index contributed by atoms with van der Waals surface area (Å²) in [4.78, 5) is 23.6. The van der Waals surface area contributed by atoms with E-state index in [0.717, 1.165) is 5.56 Å². The van der Waals surface area contributed by atoms with Crippen molar-refractivity contribution < 1.29 is 14.7 Å². The van der Waals surface area contributed by atoms with Gasteiger partial charge >= 0.3 is 5.97 Å². The summed E-state index contributed by atoms with van der Waals surface area (Å²) >= 11 is 0. The van der Waals surface area contributed by atoms with Gasteiger partial charge in [0.25, 0.3) is 0 Å². The van der Waals surface area contributed by atoms with Crippen LogP contribution in [0, 0.1) is 0 Å². The zero-order valence-electron chi connectivity index (χ0n) is 13.5. The van der Waals surface area contributed by atoms with Gasteiger partial charge in [0.05, 0.1) is 11.3 Å². The molecule has 0 aliphatic carbocycles. The number of aliphatic carboxylic acids is 1. The van der Waals surface area contributed by atoms with Crippen molar-refractivity contribution in [1.29, 1.82) is 0 Å². The first-order valence-electron chi connectivity index (χ1n) is 7.52. The lowest BCUT2D eigenvalue weighted by Crippen LogP contribution is -2.28. The molecule has 0 radical (unpaired) electrons. The van der Waals surface area contributed by atoms with E-state index < -0.39 is 11.4 Å². The fraction of sp³-hybridized carbons (Fsp3) is 0.263. The number of anilines is 1. The van der Waals surface area contributed by atoms with E-state index in [1.807, 2.05) is 37.3 Å². The Morgan fingerprint density at radius 1 is 1.00 bits per heavy atom. The van der Waals surface area contributed by atoms with Gasteiger partial charge in [-0.15, -0.1) is 0 Å². The Hall–Kier alpha value is -2.62. The van der Waals surface area contributed by atoms with Crippen molar-refractivity contribution in [2.45, 2.75) is 32.1 Å². The minimum Gasteiger partial charge on any atom is -0.481 e. The molecule has 0 saturated heterocycles. The Morgan fingerprint density at radius 3 is 2.09 bits per heavy atom. The average Bonchev–Trinajstić information content (AvgIpc) is 2.55. The number of carboxylic acids is 1. The lowest BCUT2D eigenvalue weighted by molar-refractivity contribution is -0.142. The van der Waals surface area contributed by atoms with Crippen molar-refractivity contribution in [2.75, 3.05) is 5.32 Å². The van der Waals surface area contributed by atoms with Gasteiger partial charge < -0.3 is 10.4 Å². The minimum atomic E-state index is -0.958. The molecule has 0 fully saturated rings. The van der Waals surface area contributed by atoms with Gasteiger partial charge in [0, 0.05) is 5.69 Å². The first-order chi connectivity index (χ1) is 10.8. The highest BCUT2D eigenvalue weighted by Crippen LogP contribution is 2.25. The number of carboxylic acid groups (broad SMARTS) is 1. The summed E-state index contributed by atoms with van der Waals surface area (Å²) in [5.74, 6) is -1.24. The molecule has 0 bridgehead atoms. The number of rotatable bonds is 5. The van der Waals surface area contributed by atoms with Crippen LogP contribution in [0.3, 0.4) is 0 Å². The highest BCUT2D eigenvalue weighted by molar-refractivity contribution is 5.95. The van der Waals surface area contributed by atoms with Crippen LogP contribution in [-0.4, -0.2) is 17.0 Å². The lowest BCUT2D eigenvalue weighted by atomic mass is 9.85. The average molecular weight is 311 g/mol. The Bertz CT molecular complexity index is 690. The Balaban J connectivity index is 2.09. The van der Waals surface area contributed by atoms with E-state index in [-0.39, 0.29) is 11.8 Å². The van der Waals surface area contributed by atoms with Crippen molar-refractivity contribution in [1.82, 2.24) is 0 Å². The molecule has 0 saturated carbocycles. The predicted molar refractivity (Wildman–Crippen MR) is 90.6 cm³/mol. The SMILES string of the molecule is C[C@@H](C(=O)Nc1ccc(C(C)(C)C(=O)O)cc1)c1ccccc1. The number of hydrogen-bond donors (Lipinski definition) is 2. The summed E-state index contributed by atoms with van der Waals surface area (Å²) in [6.45, 7) is 5.16. The van der Waals surface area contributed by atoms with Crippen LogP contribution in [0.25, 0.3) is 0 Å². The van der Waals surface area contributed by atoms with Crippen LogP contribution in [-0.2, 0) is 15.0 Å². The molecule has 23 heavy (non-hydrogen) atoms. The molecule has 2 aromatic carbocycles. The molecule has 2 aromatic rings. The molecule has 0 unspecified atom stereocenters. The van der Waals surface area contributed by atoms with Gasteiger partial charge in [0.2, 0.25) is 5.91 Å². The number of nitrogens with one attached hydrogen (secondary N) is 1. The van der Waals surface area contributed by atoms with Crippen LogP contribution in [0.4, 0.5) is 5.69 Å². The molecule has 1 atom stereocenters. The standard InChI is InChI=1S/C19H21NO3/c1-13(14-7-5-4-6-8-14)17(21)20-16-11-9-15(10-12-16)19(2,3)18(22)23/h4-13H,1-3H3,(H,20,21)(H,22,23)/t13-/m1/s1. The van der Waals surface area contributed by atoms with Crippen molar-refractivity contribution in [3.8, 4) is 0 Å². The molecule has 1 amide bonds. The number of carbonyl (C=O) groups is 2. The number of benzene rings is 2. The third kappa shape index (κ3) is 3.77. The van der Waals surface area contributed by atoms with Crippen LogP contribution < -0.4 is 5.32 Å². The van der Waals surface area contributed by atoms with Gasteiger partial charge in [-0.25, -0.2) is 0 Å². The third-order valence-electron chi connectivity index (χ3n) is 4.10. The maximum atomic E-state index is 12.3. The molecule has 4 heteroatoms. The highest BCUT2D eigenvalue weighted by atomic mass is 16.4. The molecule has 0 spiro atoms. The Morgan fingerprint density at radius 2 is 1.57 bits per heavy atom. The van der Waals surface area contributed by atoms with Crippen LogP contribution in [0.1, 0.15) is 37.8 Å². The van der Waals surface area contributed by atoms with Crippen molar-refractivity contribution in [3.63, 3.8) is 0 Å². The van der Waals surface area contributed by atoms with Gasteiger partial charge in [-0.1, -0.05) is 42.5 Å². The van der Waals surface area contributed by atoms with Crippen LogP contribution in [0.5, 0.6) is 0 Å². The zero-order valence-corrected chi connectivity index (χ0v) is 13.5. The van der Waals surface area contributed by atoms with E-state index in [0.29, 0.717) is 11.3 Å². The van der Waals surface area contributed by atoms with Gasteiger partial charge in [-0.2, -0.15) is 0 Å². The second-order valence-electron chi connectivity index (χ2n) is 6.13. The van der Waals surface area contributed by atoms with Gasteiger partial charge in [-0.3, -0.25) is 9.59 Å². The second-order valence-corrected chi connectivity index (χ2v) is 6.13. The molecular formula is C19H21NO3. The normalized spacial score (nSPS) is 12.5. The minimum absolute atomic E-state index is 0.0959. The van der Waals surface area contributed by atoms with E-state index in [2.05, 4.69) is 5.32 Å². The number of carbonyl (C=O) groups excluding carboxylic acids is 1. The van der Waals surface area contributed by atoms with E-state index in [1.165, 1.54) is 0 Å². The van der Waals surface area contributed by atoms with Gasteiger partial charge in [0.15, 0.2) is 0 Å². The quantitative estimate of drug-likeness (QED) is 0.883. The fourth-order valence-corrected chi connectivity index (χ4v) is 2.24. The van der Waals surface area contributed by atoms with E-state index in [9.17, 15) is 14.7 Å². The molecule has 0 aromatic heterocycles. The van der Waals surface area contributed by atoms with Crippen molar-refractivity contribution >= 4 is 17.6 Å². The molecule has 0 aliphatic heterocycles. The molecule has 4 nitrogen and oxygen atoms in total. The van der Waals surface area contributed by atoms with E-state index in [1.54, 1.807) is 38.1 Å². The molecule has 0 heterocycles. The summed E-state index contributed by atoms with van der Waals surface area (Å²) in [5.41, 5.74) is 1.34. The first kappa shape index (κ1) is 16.7. The van der Waals surface area contributed by atoms with Gasteiger partial charge in [-0.05, 0) is 44.0 Å². The largest absolute Gasteiger partial charge is 0.481 e. The molecule has 2 N–H and O–H groups in total. The fourth-order valence-electron chi connectivity index (χ4n) is 2.24. The monoisotopic (exact) mass is 311 g/mol. The number of hydrogen-bond acceptors (Lipinski definition) is 2. The van der Waals surface area contributed by atoms with Crippen LogP contribution in [0.15, 0.2) is 54.6 Å². The summed E-state index contributed by atoms with van der Waals surface area (Å²) in [7, 11) is 0. The molecular weight excluding hydrogens is 290 g/mol. The van der Waals surface area contributed by atoms with Crippen LogP contribution >= 0.6 is 0 Å². The maximum absolute atomic E-state index is 12.3. The van der Waals surface area contributed by atoms with Crippen LogP contribution in [0.2, 0.25) is 0 Å². The Labute approximate surface area is 136 Å². The Kier molecular flexibility index (Phi) is 4.84.